The van der Waals surface area contributed by atoms with Gasteiger partial charge in [-0.05, 0) is 0 Å². The molecule has 0 unspecified atom stereocenters. The summed E-state index contributed by atoms with van der Waals surface area (Å²) in [6.07, 6.45) is 0. The molecular weight excluding hydrogens is 400 g/mol. The van der Waals surface area contributed by atoms with Gasteiger partial charge in [0.2, 0.25) is 0 Å². The molecule has 0 aliphatic heterocycles. The van der Waals surface area contributed by atoms with Crippen molar-refractivity contribution in [2.24, 2.45) is 0 Å². The van der Waals surface area contributed by atoms with E-state index < -0.39 is 7.26 Å². The Morgan fingerprint density at radius 1 is 0.500 bits per heavy atom. The van der Waals surface area contributed by atoms with Crippen molar-refractivity contribution in [1.29, 1.82) is 0 Å². The van der Waals surface area contributed by atoms with Crippen LogP contribution in [0.25, 0.3) is 0 Å². The van der Waals surface area contributed by atoms with Gasteiger partial charge in [-0.15, -0.1) is 24.0 Å². The third-order valence-corrected chi connectivity index (χ3v) is 8.52. The smallest absolute Gasteiger partial charge is 0.107 e. The third kappa shape index (κ3) is 3.57. The maximum atomic E-state index is 2.44. The fourth-order valence-corrected chi connectivity index (χ4v) is 6.39. The van der Waals surface area contributed by atoms with Gasteiger partial charge in [0.1, 0.15) is 0 Å². The molecule has 3 N–H and O–H groups in total. The van der Waals surface area contributed by atoms with Crippen LogP contribution in [0.4, 0.5) is 0 Å². The van der Waals surface area contributed by atoms with Crippen LogP contribution < -0.4 is 22.1 Å². The standard InChI is InChI=1S/C19H19P.HI.H3N/c1-20(17-11-5-2-6-12-17,18-13-7-3-8-14-18)19-15-9-4-10-16-19;;/h2-16,20H,1H3;1H;1H3. The van der Waals surface area contributed by atoms with E-state index in [2.05, 4.69) is 97.7 Å². The van der Waals surface area contributed by atoms with Gasteiger partial charge in [-0.2, -0.15) is 0 Å². The molecule has 0 aromatic heterocycles. The van der Waals surface area contributed by atoms with Crippen LogP contribution in [0.15, 0.2) is 91.0 Å². The molecule has 0 bridgehead atoms. The molecule has 0 aliphatic rings. The molecule has 1 nitrogen and oxygen atoms in total. The summed E-state index contributed by atoms with van der Waals surface area (Å²) >= 11 is 0. The number of hydrogen-bond acceptors (Lipinski definition) is 1. The summed E-state index contributed by atoms with van der Waals surface area (Å²) in [4.78, 5) is 0. The van der Waals surface area contributed by atoms with Gasteiger partial charge in [-0.3, -0.25) is 0 Å². The van der Waals surface area contributed by atoms with Crippen molar-refractivity contribution in [3.8, 4) is 0 Å². The Labute approximate surface area is 150 Å². The van der Waals surface area contributed by atoms with Crippen molar-refractivity contribution in [2.45, 2.75) is 0 Å². The summed E-state index contributed by atoms with van der Waals surface area (Å²) < 4.78 is 0. The Morgan fingerprint density at radius 2 is 0.727 bits per heavy atom. The predicted molar refractivity (Wildman–Crippen MR) is 113 cm³/mol. The Bertz CT molecular complexity index is 575. The SMILES string of the molecule is C[PH](c1ccccc1)(c1ccccc1)c1ccccc1.I.N. The molecule has 0 aliphatic carbocycles. The van der Waals surface area contributed by atoms with Crippen LogP contribution in [0.5, 0.6) is 0 Å². The van der Waals surface area contributed by atoms with E-state index in [0.29, 0.717) is 0 Å². The molecule has 0 spiro atoms. The van der Waals surface area contributed by atoms with Crippen LogP contribution in [0.1, 0.15) is 0 Å². The van der Waals surface area contributed by atoms with Crippen LogP contribution in [-0.2, 0) is 0 Å². The van der Waals surface area contributed by atoms with Gasteiger partial charge in [0, 0.05) is 0 Å². The van der Waals surface area contributed by atoms with Gasteiger partial charge < -0.3 is 6.15 Å². The summed E-state index contributed by atoms with van der Waals surface area (Å²) in [5.41, 5.74) is 0. The van der Waals surface area contributed by atoms with Gasteiger partial charge in [0.05, 0.1) is 0 Å². The molecule has 0 amide bonds. The summed E-state index contributed by atoms with van der Waals surface area (Å²) in [6.45, 7) is 2.44. The molecular formula is C19H23INP. The monoisotopic (exact) mass is 423 g/mol. The number of benzene rings is 3. The zero-order valence-electron chi connectivity index (χ0n) is 12.8. The summed E-state index contributed by atoms with van der Waals surface area (Å²) in [5, 5.41) is 4.37. The normalized spacial score (nSPS) is 11.0. The zero-order chi connectivity index (χ0) is 13.8. The second kappa shape index (κ2) is 8.42. The Hall–Kier alpha value is -1.22. The van der Waals surface area contributed by atoms with E-state index in [-0.39, 0.29) is 30.1 Å². The van der Waals surface area contributed by atoms with E-state index >= 15 is 0 Å². The summed E-state index contributed by atoms with van der Waals surface area (Å²) in [6, 6.07) is 32.8. The van der Waals surface area contributed by atoms with Crippen molar-refractivity contribution >= 4 is 47.2 Å². The third-order valence-electron chi connectivity index (χ3n) is 4.05. The quantitative estimate of drug-likeness (QED) is 0.499. The molecule has 3 heteroatoms. The molecule has 0 fully saturated rings. The van der Waals surface area contributed by atoms with Crippen LogP contribution in [0.2, 0.25) is 0 Å². The maximum Gasteiger partial charge on any atom is -0.107 e. The fourth-order valence-electron chi connectivity index (χ4n) is 2.81. The van der Waals surface area contributed by atoms with Crippen LogP contribution in [0, 0.1) is 0 Å². The van der Waals surface area contributed by atoms with Crippen molar-refractivity contribution in [1.82, 2.24) is 6.15 Å². The molecule has 22 heavy (non-hydrogen) atoms. The minimum Gasteiger partial charge on any atom is -0.344 e. The molecule has 0 saturated carbocycles. The molecule has 0 radical (unpaired) electrons. The van der Waals surface area contributed by atoms with E-state index in [9.17, 15) is 0 Å². The molecule has 0 atom stereocenters. The first kappa shape index (κ1) is 18.8. The minimum absolute atomic E-state index is 0. The zero-order valence-corrected chi connectivity index (χ0v) is 16.1. The van der Waals surface area contributed by atoms with Gasteiger partial charge >= 0.3 is 121 Å². The van der Waals surface area contributed by atoms with Gasteiger partial charge in [0.15, 0.2) is 0 Å². The van der Waals surface area contributed by atoms with Crippen molar-refractivity contribution < 1.29 is 0 Å². The Morgan fingerprint density at radius 3 is 0.955 bits per heavy atom. The first-order valence-electron chi connectivity index (χ1n) is 6.98. The minimum atomic E-state index is -1.88. The maximum absolute atomic E-state index is 2.44. The number of rotatable bonds is 3. The van der Waals surface area contributed by atoms with E-state index in [1.807, 2.05) is 0 Å². The van der Waals surface area contributed by atoms with Gasteiger partial charge in [0.25, 0.3) is 0 Å². The number of hydrogen-bond donors (Lipinski definition) is 1. The Balaban J connectivity index is 0.00000121. The second-order valence-corrected chi connectivity index (χ2v) is 9.21. The average Bonchev–Trinajstić information content (AvgIpc) is 2.56. The van der Waals surface area contributed by atoms with Crippen molar-refractivity contribution in [2.75, 3.05) is 6.66 Å². The number of halogens is 1. The summed E-state index contributed by atoms with van der Waals surface area (Å²) in [7, 11) is -1.88. The van der Waals surface area contributed by atoms with Crippen LogP contribution >= 0.6 is 31.2 Å². The van der Waals surface area contributed by atoms with E-state index in [0.717, 1.165) is 0 Å². The fraction of sp³-hybridized carbons (Fsp3) is 0.0526. The van der Waals surface area contributed by atoms with Gasteiger partial charge in [-0.1, -0.05) is 0 Å². The van der Waals surface area contributed by atoms with Crippen LogP contribution in [-0.4, -0.2) is 6.66 Å². The summed E-state index contributed by atoms with van der Waals surface area (Å²) in [5.74, 6) is 0. The first-order valence-corrected chi connectivity index (χ1v) is 9.48. The molecule has 3 aromatic rings. The predicted octanol–water partition coefficient (Wildman–Crippen LogP) is 4.12. The largest absolute Gasteiger partial charge is 0.344 e. The molecule has 0 heterocycles. The molecule has 116 valence electrons. The van der Waals surface area contributed by atoms with Crippen molar-refractivity contribution in [3.63, 3.8) is 0 Å². The van der Waals surface area contributed by atoms with Gasteiger partial charge in [-0.25, -0.2) is 0 Å². The molecule has 3 aromatic carbocycles. The van der Waals surface area contributed by atoms with E-state index in [4.69, 9.17) is 0 Å². The van der Waals surface area contributed by atoms with Crippen molar-refractivity contribution in [3.05, 3.63) is 91.0 Å². The van der Waals surface area contributed by atoms with E-state index in [1.54, 1.807) is 0 Å². The Kier molecular flexibility index (Phi) is 7.21. The topological polar surface area (TPSA) is 35.0 Å². The second-order valence-electron chi connectivity index (χ2n) is 5.22. The van der Waals surface area contributed by atoms with E-state index in [1.165, 1.54) is 15.9 Å². The molecule has 3 rings (SSSR count). The average molecular weight is 423 g/mol. The van der Waals surface area contributed by atoms with Crippen LogP contribution in [0.3, 0.4) is 0 Å². The first-order chi connectivity index (χ1) is 9.82. The molecule has 0 saturated heterocycles.